The molecule has 1 aromatic carbocycles. The standard InChI is InChI=1S/C18H24N4O2/c1-14-4-6-16(7-5-14)24-12-10-20-18(23)17-8-11-22(21-17)15-3-2-9-19-13-15/h4-8,11,15,19H,2-3,9-10,12-13H2,1H3,(H,20,23). The van der Waals surface area contributed by atoms with E-state index in [1.165, 1.54) is 5.56 Å². The quantitative estimate of drug-likeness (QED) is 0.795. The third kappa shape index (κ3) is 4.35. The minimum absolute atomic E-state index is 0.162. The summed E-state index contributed by atoms with van der Waals surface area (Å²) in [7, 11) is 0. The van der Waals surface area contributed by atoms with Crippen LogP contribution < -0.4 is 15.4 Å². The molecule has 1 atom stereocenters. The number of aryl methyl sites for hydroxylation is 1. The molecule has 2 heterocycles. The van der Waals surface area contributed by atoms with Crippen molar-refractivity contribution < 1.29 is 9.53 Å². The summed E-state index contributed by atoms with van der Waals surface area (Å²) >= 11 is 0. The zero-order valence-electron chi connectivity index (χ0n) is 14.0. The van der Waals surface area contributed by atoms with E-state index in [9.17, 15) is 4.79 Å². The van der Waals surface area contributed by atoms with Crippen LogP contribution in [0.4, 0.5) is 0 Å². The van der Waals surface area contributed by atoms with Crippen molar-refractivity contribution >= 4 is 5.91 Å². The van der Waals surface area contributed by atoms with E-state index in [4.69, 9.17) is 4.74 Å². The molecule has 0 radical (unpaired) electrons. The topological polar surface area (TPSA) is 68.2 Å². The van der Waals surface area contributed by atoms with Gasteiger partial charge >= 0.3 is 0 Å². The van der Waals surface area contributed by atoms with Gasteiger partial charge in [0.25, 0.3) is 5.91 Å². The molecule has 0 saturated carbocycles. The van der Waals surface area contributed by atoms with Crippen molar-refractivity contribution in [3.05, 3.63) is 47.8 Å². The maximum absolute atomic E-state index is 12.1. The lowest BCUT2D eigenvalue weighted by Crippen LogP contribution is -2.32. The Morgan fingerprint density at radius 2 is 2.21 bits per heavy atom. The van der Waals surface area contributed by atoms with Crippen molar-refractivity contribution in [2.45, 2.75) is 25.8 Å². The van der Waals surface area contributed by atoms with Crippen molar-refractivity contribution in [2.24, 2.45) is 0 Å². The van der Waals surface area contributed by atoms with Crippen molar-refractivity contribution in [2.75, 3.05) is 26.2 Å². The van der Waals surface area contributed by atoms with E-state index >= 15 is 0 Å². The van der Waals surface area contributed by atoms with Crippen LogP contribution in [0.2, 0.25) is 0 Å². The van der Waals surface area contributed by atoms with Gasteiger partial charge in [0.1, 0.15) is 18.1 Å². The van der Waals surface area contributed by atoms with Crippen molar-refractivity contribution in [3.63, 3.8) is 0 Å². The second-order valence-electron chi connectivity index (χ2n) is 6.10. The van der Waals surface area contributed by atoms with Crippen LogP contribution in [0, 0.1) is 6.92 Å². The summed E-state index contributed by atoms with van der Waals surface area (Å²) in [6.07, 6.45) is 4.12. The molecular formula is C18H24N4O2. The Bertz CT molecular complexity index is 660. The largest absolute Gasteiger partial charge is 0.492 e. The Hall–Kier alpha value is -2.34. The van der Waals surface area contributed by atoms with Gasteiger partial charge in [-0.15, -0.1) is 0 Å². The molecule has 0 bridgehead atoms. The van der Waals surface area contributed by atoms with Crippen molar-refractivity contribution in [1.29, 1.82) is 0 Å². The molecule has 0 spiro atoms. The number of hydrogen-bond acceptors (Lipinski definition) is 4. The minimum atomic E-state index is -0.162. The summed E-state index contributed by atoms with van der Waals surface area (Å²) in [5.74, 6) is 0.647. The van der Waals surface area contributed by atoms with Gasteiger partial charge in [0.15, 0.2) is 0 Å². The first-order chi connectivity index (χ1) is 11.7. The molecule has 6 nitrogen and oxygen atoms in total. The van der Waals surface area contributed by atoms with Crippen LogP contribution in [-0.4, -0.2) is 41.9 Å². The lowest BCUT2D eigenvalue weighted by molar-refractivity contribution is 0.0940. The van der Waals surface area contributed by atoms with Gasteiger partial charge in [-0.2, -0.15) is 5.10 Å². The van der Waals surface area contributed by atoms with E-state index in [1.54, 1.807) is 6.07 Å². The second-order valence-corrected chi connectivity index (χ2v) is 6.10. The fourth-order valence-electron chi connectivity index (χ4n) is 2.78. The number of rotatable bonds is 6. The van der Waals surface area contributed by atoms with Crippen molar-refractivity contribution in [3.8, 4) is 5.75 Å². The van der Waals surface area contributed by atoms with Gasteiger partial charge < -0.3 is 15.4 Å². The highest BCUT2D eigenvalue weighted by Crippen LogP contribution is 2.15. The number of aromatic nitrogens is 2. The Balaban J connectivity index is 1.43. The molecule has 1 saturated heterocycles. The predicted octanol–water partition coefficient (Wildman–Crippen LogP) is 1.92. The number of nitrogens with one attached hydrogen (secondary N) is 2. The number of piperidine rings is 1. The number of amides is 1. The summed E-state index contributed by atoms with van der Waals surface area (Å²) in [4.78, 5) is 12.1. The molecule has 0 aliphatic carbocycles. The molecule has 6 heteroatoms. The number of nitrogens with zero attached hydrogens (tertiary/aromatic N) is 2. The van der Waals surface area contributed by atoms with Gasteiger partial charge in [0, 0.05) is 12.7 Å². The normalized spacial score (nSPS) is 17.5. The average molecular weight is 328 g/mol. The Morgan fingerprint density at radius 3 is 2.96 bits per heavy atom. The maximum atomic E-state index is 12.1. The average Bonchev–Trinajstić information content (AvgIpc) is 3.11. The lowest BCUT2D eigenvalue weighted by Gasteiger charge is -2.22. The van der Waals surface area contributed by atoms with Crippen LogP contribution in [0.3, 0.4) is 0 Å². The van der Waals surface area contributed by atoms with Crippen LogP contribution in [0.1, 0.15) is 34.9 Å². The third-order valence-electron chi connectivity index (χ3n) is 4.16. The summed E-state index contributed by atoms with van der Waals surface area (Å²) < 4.78 is 7.49. The molecule has 1 fully saturated rings. The molecular weight excluding hydrogens is 304 g/mol. The molecule has 3 rings (SSSR count). The Labute approximate surface area is 142 Å². The minimum Gasteiger partial charge on any atom is -0.492 e. The highest BCUT2D eigenvalue weighted by atomic mass is 16.5. The van der Waals surface area contributed by atoms with Crippen LogP contribution in [0.15, 0.2) is 36.5 Å². The molecule has 1 unspecified atom stereocenters. The molecule has 128 valence electrons. The first kappa shape index (κ1) is 16.5. The lowest BCUT2D eigenvalue weighted by atomic mass is 10.1. The van der Waals surface area contributed by atoms with Gasteiger partial charge in [-0.1, -0.05) is 17.7 Å². The van der Waals surface area contributed by atoms with E-state index in [0.29, 0.717) is 24.9 Å². The van der Waals surface area contributed by atoms with E-state index in [0.717, 1.165) is 31.7 Å². The fraction of sp³-hybridized carbons (Fsp3) is 0.444. The molecule has 1 aromatic heterocycles. The predicted molar refractivity (Wildman–Crippen MR) is 92.4 cm³/mol. The van der Waals surface area contributed by atoms with Gasteiger partial charge in [-0.25, -0.2) is 0 Å². The first-order valence-corrected chi connectivity index (χ1v) is 8.46. The molecule has 1 amide bonds. The molecule has 24 heavy (non-hydrogen) atoms. The fourth-order valence-corrected chi connectivity index (χ4v) is 2.78. The van der Waals surface area contributed by atoms with Gasteiger partial charge in [0.05, 0.1) is 12.6 Å². The van der Waals surface area contributed by atoms with E-state index in [2.05, 4.69) is 15.7 Å². The number of carbonyl (C=O) groups excluding carboxylic acids is 1. The highest BCUT2D eigenvalue weighted by molar-refractivity contribution is 5.92. The molecule has 2 N–H and O–H groups in total. The SMILES string of the molecule is Cc1ccc(OCCNC(=O)c2ccn(C3CCCNC3)n2)cc1. The summed E-state index contributed by atoms with van der Waals surface area (Å²) in [5, 5.41) is 10.6. The number of benzene rings is 1. The van der Waals surface area contributed by atoms with Crippen molar-refractivity contribution in [1.82, 2.24) is 20.4 Å². The Kier molecular flexibility index (Phi) is 5.48. The zero-order valence-corrected chi connectivity index (χ0v) is 14.0. The Morgan fingerprint density at radius 1 is 1.38 bits per heavy atom. The number of ether oxygens (including phenoxy) is 1. The monoisotopic (exact) mass is 328 g/mol. The second kappa shape index (κ2) is 7.97. The first-order valence-electron chi connectivity index (χ1n) is 8.46. The number of carbonyl (C=O) groups is 1. The van der Waals surface area contributed by atoms with Crippen LogP contribution >= 0.6 is 0 Å². The third-order valence-corrected chi connectivity index (χ3v) is 4.16. The van der Waals surface area contributed by atoms with E-state index < -0.39 is 0 Å². The summed E-state index contributed by atoms with van der Waals surface area (Å²) in [6, 6.07) is 9.96. The van der Waals surface area contributed by atoms with Gasteiger partial charge in [-0.05, 0) is 44.5 Å². The van der Waals surface area contributed by atoms with E-state index in [1.807, 2.05) is 42.1 Å². The van der Waals surface area contributed by atoms with E-state index in [-0.39, 0.29) is 5.91 Å². The molecule has 1 aliphatic rings. The smallest absolute Gasteiger partial charge is 0.271 e. The van der Waals surface area contributed by atoms with Crippen LogP contribution in [0.25, 0.3) is 0 Å². The highest BCUT2D eigenvalue weighted by Gasteiger charge is 2.17. The molecule has 2 aromatic rings. The number of hydrogen-bond donors (Lipinski definition) is 2. The zero-order chi connectivity index (χ0) is 16.8. The molecule has 1 aliphatic heterocycles. The van der Waals surface area contributed by atoms with Gasteiger partial charge in [-0.3, -0.25) is 9.48 Å². The van der Waals surface area contributed by atoms with Crippen LogP contribution in [-0.2, 0) is 0 Å². The summed E-state index contributed by atoms with van der Waals surface area (Å²) in [5.41, 5.74) is 1.65. The van der Waals surface area contributed by atoms with Gasteiger partial charge in [0.2, 0.25) is 0 Å². The van der Waals surface area contributed by atoms with Crippen LogP contribution in [0.5, 0.6) is 5.75 Å². The maximum Gasteiger partial charge on any atom is 0.271 e. The summed E-state index contributed by atoms with van der Waals surface area (Å²) in [6.45, 7) is 4.89.